The Morgan fingerprint density at radius 2 is 2.20 bits per heavy atom. The molecule has 0 aromatic rings. The fraction of sp³-hybridized carbons (Fsp3) is 0.667. The van der Waals surface area contributed by atoms with Gasteiger partial charge in [0.1, 0.15) is 6.54 Å². The van der Waals surface area contributed by atoms with Crippen LogP contribution in [-0.4, -0.2) is 35.0 Å². The van der Waals surface area contributed by atoms with E-state index >= 15 is 0 Å². The minimum atomic E-state index is -1.02. The lowest BCUT2D eigenvalue weighted by molar-refractivity contribution is -0.137. The van der Waals surface area contributed by atoms with Crippen LogP contribution in [-0.2, 0) is 9.59 Å². The molecule has 0 saturated heterocycles. The van der Waals surface area contributed by atoms with Crippen LogP contribution in [0.25, 0.3) is 0 Å². The quantitative estimate of drug-likeness (QED) is 0.558. The second kappa shape index (κ2) is 3.87. The first-order valence-electron chi connectivity index (χ1n) is 2.94. The molecular weight excluding hydrogens is 134 g/mol. The molecule has 0 aromatic heterocycles. The molecule has 0 spiro atoms. The van der Waals surface area contributed by atoms with E-state index in [1.54, 1.807) is 13.8 Å². The number of amides is 1. The van der Waals surface area contributed by atoms with Crippen molar-refractivity contribution < 1.29 is 14.7 Å². The van der Waals surface area contributed by atoms with Crippen LogP contribution in [0.1, 0.15) is 13.8 Å². The number of nitrogens with zero attached hydrogens (tertiary/aromatic N) is 1. The molecule has 0 bridgehead atoms. The Kier molecular flexibility index (Phi) is 3.46. The fourth-order valence-corrected chi connectivity index (χ4v) is 0.466. The van der Waals surface area contributed by atoms with Crippen molar-refractivity contribution in [1.82, 2.24) is 4.90 Å². The molecule has 0 rings (SSSR count). The van der Waals surface area contributed by atoms with Gasteiger partial charge in [-0.2, -0.15) is 0 Å². The van der Waals surface area contributed by atoms with Crippen LogP contribution in [0.5, 0.6) is 0 Å². The number of hydrogen-bond donors (Lipinski definition) is 1. The zero-order valence-corrected chi connectivity index (χ0v) is 6.00. The zero-order chi connectivity index (χ0) is 8.15. The van der Waals surface area contributed by atoms with Gasteiger partial charge in [0.15, 0.2) is 0 Å². The highest BCUT2D eigenvalue weighted by Crippen LogP contribution is 1.91. The molecule has 0 aliphatic carbocycles. The van der Waals surface area contributed by atoms with E-state index in [1.165, 1.54) is 6.41 Å². The monoisotopic (exact) mass is 144 g/mol. The van der Waals surface area contributed by atoms with Gasteiger partial charge in [0.05, 0.1) is 0 Å². The standard InChI is InChI=1S/C6H10NO3/c1-5(2)7(4-8)3-6(9)10/h5H,3H2,1-2H3,(H,9,10). The van der Waals surface area contributed by atoms with Crippen LogP contribution in [0.15, 0.2) is 0 Å². The lowest BCUT2D eigenvalue weighted by Crippen LogP contribution is -2.34. The predicted molar refractivity (Wildman–Crippen MR) is 35.2 cm³/mol. The highest BCUT2D eigenvalue weighted by molar-refractivity contribution is 5.72. The maximum absolute atomic E-state index is 10.1. The summed E-state index contributed by atoms with van der Waals surface area (Å²) in [5.41, 5.74) is 0. The highest BCUT2D eigenvalue weighted by Gasteiger charge is 2.10. The number of aliphatic carboxylic acids is 1. The molecule has 4 nitrogen and oxygen atoms in total. The molecule has 0 aliphatic rings. The predicted octanol–water partition coefficient (Wildman–Crippen LogP) is -0.151. The van der Waals surface area contributed by atoms with Gasteiger partial charge in [0.25, 0.3) is 0 Å². The smallest absolute Gasteiger partial charge is 0.323 e. The van der Waals surface area contributed by atoms with Gasteiger partial charge in [-0.3, -0.25) is 9.59 Å². The van der Waals surface area contributed by atoms with Crippen LogP contribution in [0, 0.1) is 0 Å². The summed E-state index contributed by atoms with van der Waals surface area (Å²) in [5, 5.41) is 8.24. The summed E-state index contributed by atoms with van der Waals surface area (Å²) in [4.78, 5) is 21.2. The molecule has 1 amide bonds. The first-order chi connectivity index (χ1) is 4.57. The summed E-state index contributed by atoms with van der Waals surface area (Å²) in [6, 6.07) is -0.103. The van der Waals surface area contributed by atoms with Crippen molar-refractivity contribution in [2.24, 2.45) is 0 Å². The first-order valence-corrected chi connectivity index (χ1v) is 2.94. The largest absolute Gasteiger partial charge is 0.480 e. The summed E-state index contributed by atoms with van der Waals surface area (Å²) in [6.45, 7) is 3.18. The second-order valence-electron chi connectivity index (χ2n) is 2.21. The Balaban J connectivity index is 3.83. The molecule has 0 unspecified atom stereocenters. The minimum Gasteiger partial charge on any atom is -0.480 e. The van der Waals surface area contributed by atoms with E-state index in [0.717, 1.165) is 4.90 Å². The third-order valence-electron chi connectivity index (χ3n) is 1.05. The third kappa shape index (κ3) is 3.06. The van der Waals surface area contributed by atoms with Gasteiger partial charge in [0, 0.05) is 6.04 Å². The van der Waals surface area contributed by atoms with Crippen LogP contribution in [0.4, 0.5) is 0 Å². The van der Waals surface area contributed by atoms with Gasteiger partial charge in [-0.25, -0.2) is 0 Å². The number of carbonyl (C=O) groups is 1. The summed E-state index contributed by atoms with van der Waals surface area (Å²) >= 11 is 0. The van der Waals surface area contributed by atoms with Crippen molar-refractivity contribution in [2.45, 2.75) is 19.9 Å². The SMILES string of the molecule is CC(C)N([C]=O)CC(=O)O. The Morgan fingerprint density at radius 3 is 2.30 bits per heavy atom. The summed E-state index contributed by atoms with van der Waals surface area (Å²) in [7, 11) is 0. The molecule has 0 saturated carbocycles. The normalized spacial score (nSPS) is 9.50. The number of rotatable bonds is 4. The van der Waals surface area contributed by atoms with Crippen molar-refractivity contribution in [3.05, 3.63) is 0 Å². The van der Waals surface area contributed by atoms with Crippen molar-refractivity contribution in [3.63, 3.8) is 0 Å². The molecule has 0 aliphatic heterocycles. The third-order valence-corrected chi connectivity index (χ3v) is 1.05. The maximum Gasteiger partial charge on any atom is 0.323 e. The molecule has 1 radical (unpaired) electrons. The molecule has 0 heterocycles. The number of carbonyl (C=O) groups excluding carboxylic acids is 1. The van der Waals surface area contributed by atoms with Gasteiger partial charge in [-0.1, -0.05) is 0 Å². The Labute approximate surface area is 59.4 Å². The molecule has 0 aromatic carbocycles. The maximum atomic E-state index is 10.1. The molecular formula is C6H10NO3. The Morgan fingerprint density at radius 1 is 1.70 bits per heavy atom. The van der Waals surface area contributed by atoms with E-state index in [1.807, 2.05) is 0 Å². The number of carboxylic acid groups (broad SMARTS) is 1. The molecule has 1 N–H and O–H groups in total. The van der Waals surface area contributed by atoms with E-state index in [4.69, 9.17) is 5.11 Å². The van der Waals surface area contributed by atoms with Gasteiger partial charge in [0.2, 0.25) is 0 Å². The molecule has 4 heteroatoms. The van der Waals surface area contributed by atoms with Crippen molar-refractivity contribution in [3.8, 4) is 0 Å². The average molecular weight is 144 g/mol. The highest BCUT2D eigenvalue weighted by atomic mass is 16.4. The van der Waals surface area contributed by atoms with E-state index in [-0.39, 0.29) is 12.6 Å². The van der Waals surface area contributed by atoms with E-state index in [2.05, 4.69) is 0 Å². The summed E-state index contributed by atoms with van der Waals surface area (Å²) < 4.78 is 0. The lowest BCUT2D eigenvalue weighted by Gasteiger charge is -2.17. The average Bonchev–Trinajstić information content (AvgIpc) is 1.81. The van der Waals surface area contributed by atoms with Gasteiger partial charge >= 0.3 is 12.4 Å². The fourth-order valence-electron chi connectivity index (χ4n) is 0.466. The van der Waals surface area contributed by atoms with Crippen molar-refractivity contribution in [1.29, 1.82) is 0 Å². The van der Waals surface area contributed by atoms with E-state index in [0.29, 0.717) is 0 Å². The topological polar surface area (TPSA) is 57.6 Å². The van der Waals surface area contributed by atoms with Crippen molar-refractivity contribution in [2.75, 3.05) is 6.54 Å². The lowest BCUT2D eigenvalue weighted by atomic mass is 10.3. The minimum absolute atomic E-state index is 0.103. The summed E-state index contributed by atoms with van der Waals surface area (Å²) in [5.74, 6) is -1.02. The number of hydrogen-bond acceptors (Lipinski definition) is 2. The second-order valence-corrected chi connectivity index (χ2v) is 2.21. The number of carboxylic acids is 1. The van der Waals surface area contributed by atoms with Crippen LogP contribution in [0.3, 0.4) is 0 Å². The van der Waals surface area contributed by atoms with Crippen LogP contribution in [0.2, 0.25) is 0 Å². The van der Waals surface area contributed by atoms with Crippen molar-refractivity contribution >= 4 is 12.4 Å². The Bertz CT molecular complexity index is 133. The summed E-state index contributed by atoms with van der Waals surface area (Å²) in [6.07, 6.45) is 1.54. The molecule has 10 heavy (non-hydrogen) atoms. The van der Waals surface area contributed by atoms with Crippen LogP contribution < -0.4 is 0 Å². The first kappa shape index (κ1) is 8.94. The van der Waals surface area contributed by atoms with Gasteiger partial charge < -0.3 is 10.0 Å². The molecule has 0 fully saturated rings. The Hall–Kier alpha value is -1.06. The molecule has 0 atom stereocenters. The molecule has 57 valence electrons. The zero-order valence-electron chi connectivity index (χ0n) is 6.00. The van der Waals surface area contributed by atoms with Gasteiger partial charge in [-0.05, 0) is 13.8 Å². The van der Waals surface area contributed by atoms with Crippen LogP contribution >= 0.6 is 0 Å². The van der Waals surface area contributed by atoms with E-state index in [9.17, 15) is 9.59 Å². The van der Waals surface area contributed by atoms with Gasteiger partial charge in [-0.15, -0.1) is 0 Å². The van der Waals surface area contributed by atoms with E-state index < -0.39 is 5.97 Å².